The number of rotatable bonds is 4. The van der Waals surface area contributed by atoms with Crippen LogP contribution < -0.4 is 20.2 Å². The zero-order valence-electron chi connectivity index (χ0n) is 21.8. The van der Waals surface area contributed by atoms with Crippen molar-refractivity contribution in [2.75, 3.05) is 16.8 Å². The number of nitrogens with zero attached hydrogens (tertiary/aromatic N) is 5. The van der Waals surface area contributed by atoms with Gasteiger partial charge in [-0.15, -0.1) is 23.8 Å². The normalized spacial score (nSPS) is 13.1. The molecule has 1 aliphatic heterocycles. The minimum atomic E-state index is -2.14. The Morgan fingerprint density at radius 3 is 2.36 bits per heavy atom. The fraction of sp³-hybridized carbons (Fsp3) is 0.0938. The maximum atomic E-state index is 4.58. The Hall–Kier alpha value is -3.73. The van der Waals surface area contributed by atoms with Crippen molar-refractivity contribution >= 4 is 57.6 Å². The van der Waals surface area contributed by atoms with E-state index in [9.17, 15) is 0 Å². The van der Waals surface area contributed by atoms with Crippen molar-refractivity contribution in [3.63, 3.8) is 0 Å². The molecule has 0 unspecified atom stereocenters. The standard InChI is InChI=1S/C32H25N5Si.Pt/c1-35-22-36(32-31(35)33-18-19-34-32)24-12-9-13-25(20-24)38(2,3)26-16-17-30-28(21-26)27-14-7-8-15-29(27)37(30)23-10-5-4-6-11-23;/h4-10,12-15,17-19,21-22H,1-3H3;/q-4;+4. The van der Waals surface area contributed by atoms with E-state index in [1.807, 2.05) is 30.7 Å². The van der Waals surface area contributed by atoms with Gasteiger partial charge < -0.3 is 14.4 Å². The summed E-state index contributed by atoms with van der Waals surface area (Å²) in [6.45, 7) is 6.76. The number of para-hydroxylation sites is 2. The molecule has 0 amide bonds. The summed E-state index contributed by atoms with van der Waals surface area (Å²) in [5.41, 5.74) is 4.32. The van der Waals surface area contributed by atoms with Crippen LogP contribution in [0.5, 0.6) is 0 Å². The predicted octanol–water partition coefficient (Wildman–Crippen LogP) is 5.50. The van der Waals surface area contributed by atoms with Crippen molar-refractivity contribution in [3.05, 3.63) is 116 Å². The van der Waals surface area contributed by atoms with Gasteiger partial charge in [0.1, 0.15) is 11.6 Å². The fourth-order valence-electron chi connectivity index (χ4n) is 5.36. The van der Waals surface area contributed by atoms with Crippen molar-refractivity contribution in [3.8, 4) is 5.69 Å². The summed E-state index contributed by atoms with van der Waals surface area (Å²) in [7, 11) is -0.149. The summed E-state index contributed by atoms with van der Waals surface area (Å²) in [5.74, 6) is 1.66. The molecule has 7 heteroatoms. The van der Waals surface area contributed by atoms with Crippen LogP contribution in [0.2, 0.25) is 13.1 Å². The second-order valence-corrected chi connectivity index (χ2v) is 14.4. The number of hydrogen-bond acceptors (Lipinski definition) is 4. The van der Waals surface area contributed by atoms with Gasteiger partial charge in [0.2, 0.25) is 0 Å². The van der Waals surface area contributed by atoms with Gasteiger partial charge in [-0.25, -0.2) is 9.97 Å². The van der Waals surface area contributed by atoms with Crippen LogP contribution in [0.3, 0.4) is 0 Å². The molecule has 0 atom stereocenters. The third-order valence-corrected chi connectivity index (χ3v) is 10.7. The SMILES string of the molecule is CN1[CH-]N(c2[c-]c([Si](C)(C)c3[c-]cc4c(c3)c3ccccc3n4-c3[c-]cccc3)ccc2)c2nccnc21.[Pt+4]. The number of fused-ring (bicyclic) bond motifs is 4. The molecule has 7 rings (SSSR count). The van der Waals surface area contributed by atoms with E-state index in [0.717, 1.165) is 28.5 Å². The van der Waals surface area contributed by atoms with Crippen LogP contribution in [0.15, 0.2) is 91.3 Å². The maximum absolute atomic E-state index is 4.58. The number of aromatic nitrogens is 3. The first kappa shape index (κ1) is 25.5. The van der Waals surface area contributed by atoms with E-state index in [1.54, 1.807) is 12.4 Å². The average molecular weight is 703 g/mol. The third kappa shape index (κ3) is 4.10. The van der Waals surface area contributed by atoms with Gasteiger partial charge in [-0.3, -0.25) is 0 Å². The molecule has 0 radical (unpaired) electrons. The molecule has 5 nitrogen and oxygen atoms in total. The monoisotopic (exact) mass is 702 g/mol. The second kappa shape index (κ2) is 9.78. The summed E-state index contributed by atoms with van der Waals surface area (Å²) in [5, 5.41) is 4.95. The Bertz CT molecular complexity index is 1810. The topological polar surface area (TPSA) is 37.2 Å². The smallest absolute Gasteiger partial charge is 0.487 e. The molecule has 2 aromatic heterocycles. The molecule has 0 fully saturated rings. The van der Waals surface area contributed by atoms with E-state index in [0.29, 0.717) is 0 Å². The Labute approximate surface area is 244 Å². The Morgan fingerprint density at radius 1 is 0.769 bits per heavy atom. The van der Waals surface area contributed by atoms with Crippen LogP contribution in [0.4, 0.5) is 17.3 Å². The van der Waals surface area contributed by atoms with Gasteiger partial charge >= 0.3 is 21.1 Å². The van der Waals surface area contributed by atoms with Gasteiger partial charge in [0.05, 0.1) is 8.07 Å². The first-order valence-corrected chi connectivity index (χ1v) is 15.7. The van der Waals surface area contributed by atoms with Gasteiger partial charge in [0, 0.05) is 17.9 Å². The van der Waals surface area contributed by atoms with Gasteiger partial charge in [-0.05, 0) is 18.5 Å². The first-order valence-electron chi connectivity index (χ1n) is 12.7. The van der Waals surface area contributed by atoms with Crippen LogP contribution in [-0.4, -0.2) is 29.7 Å². The molecule has 0 bridgehead atoms. The van der Waals surface area contributed by atoms with Gasteiger partial charge in [0.15, 0.2) is 0 Å². The third-order valence-electron chi connectivity index (χ3n) is 7.44. The Kier molecular flexibility index (Phi) is 6.40. The zero-order valence-corrected chi connectivity index (χ0v) is 25.1. The van der Waals surface area contributed by atoms with Crippen molar-refractivity contribution in [2.24, 2.45) is 0 Å². The fourth-order valence-corrected chi connectivity index (χ4v) is 7.54. The molecule has 3 heterocycles. The van der Waals surface area contributed by atoms with Gasteiger partial charge in [-0.2, -0.15) is 77.1 Å². The van der Waals surface area contributed by atoms with Crippen molar-refractivity contribution < 1.29 is 21.1 Å². The largest absolute Gasteiger partial charge is 4.00 e. The molecule has 1 aliphatic rings. The van der Waals surface area contributed by atoms with E-state index in [4.69, 9.17) is 0 Å². The molecular weight excluding hydrogens is 678 g/mol. The molecule has 0 N–H and O–H groups in total. The first-order chi connectivity index (χ1) is 18.5. The molecule has 0 spiro atoms. The minimum absolute atomic E-state index is 0. The average Bonchev–Trinajstić information content (AvgIpc) is 3.48. The summed E-state index contributed by atoms with van der Waals surface area (Å²) < 4.78 is 2.28. The molecule has 39 heavy (non-hydrogen) atoms. The van der Waals surface area contributed by atoms with Crippen molar-refractivity contribution in [2.45, 2.75) is 13.1 Å². The van der Waals surface area contributed by atoms with Crippen LogP contribution in [-0.2, 0) is 21.1 Å². The van der Waals surface area contributed by atoms with Crippen LogP contribution in [0.25, 0.3) is 27.5 Å². The predicted molar refractivity (Wildman–Crippen MR) is 157 cm³/mol. The number of anilines is 3. The number of hydrogen-bond donors (Lipinski definition) is 0. The van der Waals surface area contributed by atoms with E-state index in [-0.39, 0.29) is 21.1 Å². The van der Waals surface area contributed by atoms with E-state index in [1.165, 1.54) is 26.7 Å². The van der Waals surface area contributed by atoms with Crippen LogP contribution >= 0.6 is 0 Å². The van der Waals surface area contributed by atoms with Crippen LogP contribution in [0, 0.1) is 24.9 Å². The van der Waals surface area contributed by atoms with Crippen molar-refractivity contribution in [1.82, 2.24) is 14.5 Å². The van der Waals surface area contributed by atoms with E-state index < -0.39 is 8.07 Å². The summed E-state index contributed by atoms with van der Waals surface area (Å²) in [6, 6.07) is 38.5. The summed E-state index contributed by atoms with van der Waals surface area (Å²) in [4.78, 5) is 13.1. The Morgan fingerprint density at radius 2 is 1.54 bits per heavy atom. The summed E-state index contributed by atoms with van der Waals surface area (Å²) in [6.07, 6.45) is 3.46. The van der Waals surface area contributed by atoms with Gasteiger partial charge in [0.25, 0.3) is 0 Å². The minimum Gasteiger partial charge on any atom is -0.487 e. The number of benzene rings is 4. The van der Waals surface area contributed by atoms with E-state index >= 15 is 0 Å². The molecule has 0 saturated heterocycles. The molecule has 6 aromatic rings. The molecular formula is C32H25N5PtSi. The molecule has 4 aromatic carbocycles. The second-order valence-electron chi connectivity index (χ2n) is 10.1. The van der Waals surface area contributed by atoms with Crippen LogP contribution in [0.1, 0.15) is 0 Å². The van der Waals surface area contributed by atoms with E-state index in [2.05, 4.69) is 117 Å². The zero-order chi connectivity index (χ0) is 25.9. The molecule has 0 saturated carbocycles. The summed E-state index contributed by atoms with van der Waals surface area (Å²) >= 11 is 0. The molecule has 0 aliphatic carbocycles. The quantitative estimate of drug-likeness (QED) is 0.180. The van der Waals surface area contributed by atoms with Crippen molar-refractivity contribution in [1.29, 1.82) is 0 Å². The maximum Gasteiger partial charge on any atom is 4.00 e. The van der Waals surface area contributed by atoms with Gasteiger partial charge in [-0.1, -0.05) is 42.5 Å². The Balaban J connectivity index is 0.00000277. The molecule has 192 valence electrons.